The number of benzene rings is 2. The van der Waals surface area contributed by atoms with Gasteiger partial charge in [0.2, 0.25) is 0 Å². The molecule has 1 amide bonds. The molecule has 0 aliphatic heterocycles. The monoisotopic (exact) mass is 416 g/mol. The number of rotatable bonds is 3. The van der Waals surface area contributed by atoms with Gasteiger partial charge in [0.15, 0.2) is 0 Å². The molecule has 2 aromatic carbocycles. The molecule has 0 atom stereocenters. The second kappa shape index (κ2) is 7.27. The van der Waals surface area contributed by atoms with Crippen LogP contribution in [0.2, 0.25) is 9.36 Å². The van der Waals surface area contributed by atoms with Crippen LogP contribution in [0, 0.1) is 5.82 Å². The molecule has 0 saturated heterocycles. The third-order valence-electron chi connectivity index (χ3n) is 3.97. The molecular weight excluding hydrogens is 406 g/mol. The lowest BCUT2D eigenvalue weighted by atomic mass is 10.1. The molecule has 1 N–H and O–H groups in total. The molecule has 4 aromatic rings. The summed E-state index contributed by atoms with van der Waals surface area (Å²) in [6, 6.07) is 16.7. The maximum Gasteiger partial charge on any atom is 0.256 e. The number of hydrogen-bond donors (Lipinski definition) is 1. The van der Waals surface area contributed by atoms with Crippen molar-refractivity contribution in [2.24, 2.45) is 0 Å². The summed E-state index contributed by atoms with van der Waals surface area (Å²) in [6.07, 6.45) is 0. The molecule has 27 heavy (non-hydrogen) atoms. The second-order valence-electron chi connectivity index (χ2n) is 5.75. The van der Waals surface area contributed by atoms with Crippen molar-refractivity contribution in [1.29, 1.82) is 0 Å². The first-order chi connectivity index (χ1) is 13.0. The van der Waals surface area contributed by atoms with Gasteiger partial charge in [-0.25, -0.2) is 9.37 Å². The number of hydrogen-bond acceptors (Lipinski definition) is 3. The first-order valence-corrected chi connectivity index (χ1v) is 9.50. The summed E-state index contributed by atoms with van der Waals surface area (Å²) in [5.41, 5.74) is 1.76. The van der Waals surface area contributed by atoms with Gasteiger partial charge >= 0.3 is 0 Å². The van der Waals surface area contributed by atoms with Crippen LogP contribution in [0.3, 0.4) is 0 Å². The summed E-state index contributed by atoms with van der Waals surface area (Å²) < 4.78 is 14.7. The van der Waals surface area contributed by atoms with Crippen LogP contribution in [0.5, 0.6) is 0 Å². The van der Waals surface area contributed by atoms with Gasteiger partial charge in [0, 0.05) is 10.4 Å². The minimum atomic E-state index is -0.598. The number of amides is 1. The number of aromatic nitrogens is 1. The number of nitrogens with one attached hydrogen (secondary N) is 1. The smallest absolute Gasteiger partial charge is 0.256 e. The predicted molar refractivity (Wildman–Crippen MR) is 109 cm³/mol. The van der Waals surface area contributed by atoms with Crippen LogP contribution < -0.4 is 5.32 Å². The number of nitrogens with zero attached hydrogens (tertiary/aromatic N) is 1. The van der Waals surface area contributed by atoms with Gasteiger partial charge in [0.1, 0.15) is 5.82 Å². The summed E-state index contributed by atoms with van der Waals surface area (Å²) in [6.45, 7) is 0. The van der Waals surface area contributed by atoms with Crippen LogP contribution in [0.4, 0.5) is 10.1 Å². The molecule has 2 aromatic heterocycles. The average Bonchev–Trinajstić information content (AvgIpc) is 3.09. The van der Waals surface area contributed by atoms with Crippen molar-refractivity contribution in [3.05, 3.63) is 81.4 Å². The Bertz CT molecular complexity index is 1180. The molecule has 0 spiro atoms. The van der Waals surface area contributed by atoms with Crippen molar-refractivity contribution in [2.75, 3.05) is 5.32 Å². The fourth-order valence-electron chi connectivity index (χ4n) is 2.72. The Balaban J connectivity index is 1.80. The maximum absolute atomic E-state index is 14.1. The number of carbonyl (C=O) groups is 1. The molecule has 4 rings (SSSR count). The number of anilines is 1. The zero-order chi connectivity index (χ0) is 19.0. The van der Waals surface area contributed by atoms with Crippen molar-refractivity contribution >= 4 is 57.0 Å². The quantitative estimate of drug-likeness (QED) is 0.405. The molecule has 0 unspecified atom stereocenters. The first kappa shape index (κ1) is 17.9. The lowest BCUT2D eigenvalue weighted by Gasteiger charge is -2.10. The van der Waals surface area contributed by atoms with Crippen LogP contribution in [0.1, 0.15) is 10.4 Å². The summed E-state index contributed by atoms with van der Waals surface area (Å²) in [5, 5.41) is 3.54. The number of thiophene rings is 1. The second-order valence-corrected chi connectivity index (χ2v) is 7.91. The van der Waals surface area contributed by atoms with Crippen molar-refractivity contribution in [3.8, 4) is 10.6 Å². The van der Waals surface area contributed by atoms with E-state index in [4.69, 9.17) is 23.2 Å². The van der Waals surface area contributed by atoms with Gasteiger partial charge in [-0.1, -0.05) is 41.4 Å². The Kier molecular flexibility index (Phi) is 4.83. The van der Waals surface area contributed by atoms with Crippen molar-refractivity contribution in [1.82, 2.24) is 4.98 Å². The van der Waals surface area contributed by atoms with E-state index >= 15 is 0 Å². The Hall–Kier alpha value is -2.47. The molecular formula is C20H11Cl2FN2OS. The van der Waals surface area contributed by atoms with E-state index in [1.807, 2.05) is 24.3 Å². The van der Waals surface area contributed by atoms with Crippen LogP contribution in [0.15, 0.2) is 60.7 Å². The van der Waals surface area contributed by atoms with Gasteiger partial charge < -0.3 is 5.32 Å². The van der Waals surface area contributed by atoms with Gasteiger partial charge in [-0.15, -0.1) is 11.3 Å². The highest BCUT2D eigenvalue weighted by Crippen LogP contribution is 2.32. The van der Waals surface area contributed by atoms with E-state index < -0.39 is 11.7 Å². The highest BCUT2D eigenvalue weighted by Gasteiger charge is 2.16. The molecule has 7 heteroatoms. The van der Waals surface area contributed by atoms with Gasteiger partial charge in [-0.2, -0.15) is 0 Å². The van der Waals surface area contributed by atoms with E-state index in [0.29, 0.717) is 26.5 Å². The third-order valence-corrected chi connectivity index (χ3v) is 5.45. The minimum absolute atomic E-state index is 0.0611. The largest absolute Gasteiger partial charge is 0.319 e. The normalized spacial score (nSPS) is 10.9. The fraction of sp³-hybridized carbons (Fsp3) is 0. The van der Waals surface area contributed by atoms with E-state index in [2.05, 4.69) is 10.3 Å². The SMILES string of the molecule is O=C(Nc1ccc(Cl)cc1F)c1cc(-c2ccc(Cl)s2)nc2ccccc12. The van der Waals surface area contributed by atoms with Gasteiger partial charge in [0.05, 0.1) is 31.7 Å². The van der Waals surface area contributed by atoms with Crippen molar-refractivity contribution in [3.63, 3.8) is 0 Å². The Labute approximate surface area is 168 Å². The van der Waals surface area contributed by atoms with Crippen LogP contribution in [-0.4, -0.2) is 10.9 Å². The molecule has 3 nitrogen and oxygen atoms in total. The minimum Gasteiger partial charge on any atom is -0.319 e. The average molecular weight is 417 g/mol. The number of para-hydroxylation sites is 1. The summed E-state index contributed by atoms with van der Waals surface area (Å²) in [7, 11) is 0. The van der Waals surface area contributed by atoms with E-state index in [0.717, 1.165) is 10.9 Å². The lowest BCUT2D eigenvalue weighted by Crippen LogP contribution is -2.14. The topological polar surface area (TPSA) is 42.0 Å². The Morgan fingerprint density at radius 3 is 2.59 bits per heavy atom. The number of fused-ring (bicyclic) bond motifs is 1. The van der Waals surface area contributed by atoms with E-state index in [1.54, 1.807) is 18.2 Å². The van der Waals surface area contributed by atoms with E-state index in [9.17, 15) is 9.18 Å². The van der Waals surface area contributed by atoms with Crippen LogP contribution in [0.25, 0.3) is 21.5 Å². The molecule has 0 radical (unpaired) electrons. The summed E-state index contributed by atoms with van der Waals surface area (Å²) in [5.74, 6) is -1.03. The maximum atomic E-state index is 14.1. The van der Waals surface area contributed by atoms with Gasteiger partial charge in [0.25, 0.3) is 5.91 Å². The molecule has 0 aliphatic rings. The Morgan fingerprint density at radius 1 is 1.04 bits per heavy atom. The van der Waals surface area contributed by atoms with Crippen molar-refractivity contribution in [2.45, 2.75) is 0 Å². The standard InChI is InChI=1S/C20H11Cl2FN2OS/c21-11-5-6-16(14(23)9-11)25-20(26)13-10-17(18-7-8-19(22)27-18)24-15-4-2-1-3-12(13)15/h1-10H,(H,25,26). The molecule has 2 heterocycles. The lowest BCUT2D eigenvalue weighted by molar-refractivity contribution is 0.102. The van der Waals surface area contributed by atoms with Crippen LogP contribution in [-0.2, 0) is 0 Å². The number of pyridine rings is 1. The zero-order valence-corrected chi connectivity index (χ0v) is 16.0. The van der Waals surface area contributed by atoms with Crippen LogP contribution >= 0.6 is 34.5 Å². The number of halogens is 3. The summed E-state index contributed by atoms with van der Waals surface area (Å²) >= 11 is 13.2. The van der Waals surface area contributed by atoms with Gasteiger partial charge in [-0.05, 0) is 42.5 Å². The zero-order valence-electron chi connectivity index (χ0n) is 13.7. The highest BCUT2D eigenvalue weighted by molar-refractivity contribution is 7.19. The molecule has 0 saturated carbocycles. The molecule has 0 aliphatic carbocycles. The molecule has 0 bridgehead atoms. The number of carbonyl (C=O) groups excluding carboxylic acids is 1. The fourth-order valence-corrected chi connectivity index (χ4v) is 3.88. The highest BCUT2D eigenvalue weighted by atomic mass is 35.5. The molecule has 134 valence electrons. The van der Waals surface area contributed by atoms with Gasteiger partial charge in [-0.3, -0.25) is 4.79 Å². The van der Waals surface area contributed by atoms with E-state index in [1.165, 1.54) is 23.5 Å². The first-order valence-electron chi connectivity index (χ1n) is 7.93. The van der Waals surface area contributed by atoms with Crippen molar-refractivity contribution < 1.29 is 9.18 Å². The Morgan fingerprint density at radius 2 is 1.85 bits per heavy atom. The van der Waals surface area contributed by atoms with E-state index in [-0.39, 0.29) is 10.7 Å². The molecule has 0 fully saturated rings. The summed E-state index contributed by atoms with van der Waals surface area (Å²) in [4.78, 5) is 18.4. The third kappa shape index (κ3) is 3.67. The predicted octanol–water partition coefficient (Wildman–Crippen LogP) is 6.66.